The number of anilines is 2. The number of aromatic nitrogens is 1. The topological polar surface area (TPSA) is 112 Å². The molecular formula is C31H32N4O5S. The van der Waals surface area contributed by atoms with E-state index in [1.165, 1.54) is 0 Å². The Hall–Kier alpha value is -4.17. The molecule has 4 aromatic rings. The number of rotatable bonds is 11. The normalized spacial score (nSPS) is 13.9. The van der Waals surface area contributed by atoms with Crippen LogP contribution in [-0.2, 0) is 11.2 Å². The Morgan fingerprint density at radius 1 is 0.976 bits per heavy atom. The first-order valence-electron chi connectivity index (χ1n) is 13.4. The van der Waals surface area contributed by atoms with Crippen LogP contribution in [0.25, 0.3) is 10.9 Å². The molecule has 9 nitrogen and oxygen atoms in total. The highest BCUT2D eigenvalue weighted by Crippen LogP contribution is 2.38. The molecule has 10 heteroatoms. The Kier molecular flexibility index (Phi) is 9.31. The van der Waals surface area contributed by atoms with Crippen molar-refractivity contribution in [3.05, 3.63) is 72.4 Å². The number of hydrogen-bond acceptors (Lipinski definition) is 9. The van der Waals surface area contributed by atoms with E-state index in [9.17, 15) is 9.81 Å². The molecule has 1 aliphatic rings. The number of fused-ring (bicyclic) bond motifs is 1. The van der Waals surface area contributed by atoms with E-state index in [0.717, 1.165) is 48.6 Å². The number of nitrogens with zero attached hydrogens (tertiary/aromatic N) is 3. The predicted octanol–water partition coefficient (Wildman–Crippen LogP) is 5.49. The Balaban J connectivity index is 1.31. The van der Waals surface area contributed by atoms with Crippen molar-refractivity contribution in [2.24, 2.45) is 0 Å². The zero-order valence-electron chi connectivity index (χ0n) is 23.1. The second kappa shape index (κ2) is 13.5. The van der Waals surface area contributed by atoms with Crippen LogP contribution in [0.4, 0.5) is 11.4 Å². The van der Waals surface area contributed by atoms with Crippen molar-refractivity contribution in [2.75, 3.05) is 57.3 Å². The van der Waals surface area contributed by atoms with E-state index in [-0.39, 0.29) is 0 Å². The van der Waals surface area contributed by atoms with Crippen LogP contribution in [0.3, 0.4) is 0 Å². The van der Waals surface area contributed by atoms with Gasteiger partial charge in [-0.2, -0.15) is 5.26 Å². The van der Waals surface area contributed by atoms with Gasteiger partial charge in [0, 0.05) is 43.0 Å². The molecule has 41 heavy (non-hydrogen) atoms. The van der Waals surface area contributed by atoms with Gasteiger partial charge < -0.3 is 28.8 Å². The minimum Gasteiger partial charge on any atom is -0.616 e. The van der Waals surface area contributed by atoms with Crippen molar-refractivity contribution in [1.29, 1.82) is 5.26 Å². The van der Waals surface area contributed by atoms with Crippen molar-refractivity contribution in [3.8, 4) is 34.8 Å². The van der Waals surface area contributed by atoms with E-state index in [0.29, 0.717) is 52.1 Å². The summed E-state index contributed by atoms with van der Waals surface area (Å²) in [5, 5.41) is 13.9. The van der Waals surface area contributed by atoms with Gasteiger partial charge in [0.1, 0.15) is 23.3 Å². The van der Waals surface area contributed by atoms with E-state index < -0.39 is 11.2 Å². The summed E-state index contributed by atoms with van der Waals surface area (Å²) in [6.45, 7) is 3.15. The maximum Gasteiger partial charge on any atom is 0.169 e. The van der Waals surface area contributed by atoms with Gasteiger partial charge in [-0.3, -0.25) is 9.88 Å². The first-order chi connectivity index (χ1) is 20.1. The van der Waals surface area contributed by atoms with Crippen LogP contribution in [0.2, 0.25) is 0 Å². The van der Waals surface area contributed by atoms with Gasteiger partial charge in [-0.1, -0.05) is 23.3 Å². The van der Waals surface area contributed by atoms with Crippen molar-refractivity contribution in [1.82, 2.24) is 9.88 Å². The summed E-state index contributed by atoms with van der Waals surface area (Å²) in [7, 11) is 3.20. The van der Waals surface area contributed by atoms with Crippen LogP contribution in [-0.4, -0.2) is 66.4 Å². The molecule has 3 aromatic carbocycles. The van der Waals surface area contributed by atoms with Crippen molar-refractivity contribution in [3.63, 3.8) is 0 Å². The van der Waals surface area contributed by atoms with Gasteiger partial charge in [-0.15, -0.1) is 0 Å². The summed E-state index contributed by atoms with van der Waals surface area (Å²) >= 11 is -0.675. The smallest absolute Gasteiger partial charge is 0.169 e. The Bertz CT molecular complexity index is 1520. The van der Waals surface area contributed by atoms with Crippen molar-refractivity contribution in [2.45, 2.75) is 6.42 Å². The van der Waals surface area contributed by atoms with Gasteiger partial charge in [0.05, 0.1) is 37.6 Å². The first-order valence-corrected chi connectivity index (χ1v) is 14.9. The van der Waals surface area contributed by atoms with Gasteiger partial charge in [-0.25, -0.2) is 0 Å². The molecule has 0 unspecified atom stereocenters. The average Bonchev–Trinajstić information content (AvgIpc) is 3.01. The quantitative estimate of drug-likeness (QED) is 0.184. The third-order valence-corrected chi connectivity index (χ3v) is 8.12. The fraction of sp³-hybridized carbons (Fsp3) is 0.290. The van der Waals surface area contributed by atoms with E-state index in [1.54, 1.807) is 20.4 Å². The summed E-state index contributed by atoms with van der Waals surface area (Å²) in [5.41, 5.74) is 2.49. The molecule has 0 amide bonds. The Morgan fingerprint density at radius 3 is 2.41 bits per heavy atom. The molecule has 1 fully saturated rings. The predicted molar refractivity (Wildman–Crippen MR) is 160 cm³/mol. The number of ether oxygens (including phenoxy) is 4. The van der Waals surface area contributed by atoms with Crippen molar-refractivity contribution >= 4 is 33.5 Å². The van der Waals surface area contributed by atoms with Gasteiger partial charge in [0.15, 0.2) is 23.0 Å². The highest BCUT2D eigenvalue weighted by atomic mass is 32.2. The van der Waals surface area contributed by atoms with E-state index in [2.05, 4.69) is 21.3 Å². The monoisotopic (exact) mass is 572 g/mol. The third kappa shape index (κ3) is 6.95. The molecule has 0 atom stereocenters. The van der Waals surface area contributed by atoms with Gasteiger partial charge in [0.25, 0.3) is 0 Å². The SMILES string of the molecule is COc1cc2c(Nc3ccc(Oc4ccccc4OC)cc3)c(C#N)cnc2cc1OCCCN1CC[S+]([O-])CC1. The zero-order valence-corrected chi connectivity index (χ0v) is 23.9. The third-order valence-electron chi connectivity index (χ3n) is 6.84. The lowest BCUT2D eigenvalue weighted by atomic mass is 10.1. The molecule has 1 aliphatic heterocycles. The number of para-hydroxylation sites is 2. The van der Waals surface area contributed by atoms with Gasteiger partial charge >= 0.3 is 0 Å². The van der Waals surface area contributed by atoms with Crippen LogP contribution in [0.15, 0.2) is 66.9 Å². The van der Waals surface area contributed by atoms with Crippen LogP contribution >= 0.6 is 0 Å². The van der Waals surface area contributed by atoms with Crippen LogP contribution in [0, 0.1) is 11.3 Å². The number of nitrogens with one attached hydrogen (secondary N) is 1. The number of benzene rings is 3. The molecule has 212 valence electrons. The van der Waals surface area contributed by atoms with Crippen LogP contribution in [0.1, 0.15) is 12.0 Å². The Morgan fingerprint density at radius 2 is 1.71 bits per heavy atom. The van der Waals surface area contributed by atoms with Gasteiger partial charge in [-0.05, 0) is 48.9 Å². The summed E-state index contributed by atoms with van der Waals surface area (Å²) in [6, 6.07) is 20.8. The van der Waals surface area contributed by atoms with Crippen molar-refractivity contribution < 1.29 is 23.5 Å². The highest BCUT2D eigenvalue weighted by molar-refractivity contribution is 7.91. The molecule has 5 rings (SSSR count). The zero-order chi connectivity index (χ0) is 28.6. The van der Waals surface area contributed by atoms with Crippen LogP contribution in [0.5, 0.6) is 28.7 Å². The van der Waals surface area contributed by atoms with E-state index >= 15 is 0 Å². The minimum absolute atomic E-state index is 0.407. The number of nitriles is 1. The lowest BCUT2D eigenvalue weighted by molar-refractivity contribution is 0.240. The summed E-state index contributed by atoms with van der Waals surface area (Å²) in [5.74, 6) is 4.57. The second-order valence-corrected chi connectivity index (χ2v) is 11.2. The van der Waals surface area contributed by atoms with E-state index in [4.69, 9.17) is 18.9 Å². The number of methoxy groups -OCH3 is 2. The molecule has 1 saturated heterocycles. The fourth-order valence-electron chi connectivity index (χ4n) is 4.64. The maximum atomic E-state index is 11.6. The lowest BCUT2D eigenvalue weighted by Crippen LogP contribution is -2.40. The molecule has 1 N–H and O–H groups in total. The standard InChI is InChI=1S/C31H32N4O5S/c1-37-27-6-3-4-7-28(27)40-24-10-8-23(9-11-24)34-31-22(20-32)21-33-26-19-30(29(38-2)18-25(26)31)39-15-5-12-35-13-16-41(36)17-14-35/h3-4,6-11,18-19,21H,5,12-17H2,1-2H3,(H,33,34). The Labute approximate surface area is 242 Å². The average molecular weight is 573 g/mol. The summed E-state index contributed by atoms with van der Waals surface area (Å²) in [6.07, 6.45) is 2.40. The number of hydrogen-bond donors (Lipinski definition) is 1. The molecule has 2 heterocycles. The maximum absolute atomic E-state index is 11.6. The highest BCUT2D eigenvalue weighted by Gasteiger charge is 2.19. The summed E-state index contributed by atoms with van der Waals surface area (Å²) in [4.78, 5) is 6.83. The first kappa shape index (κ1) is 28.4. The minimum atomic E-state index is -0.675. The number of pyridine rings is 1. The van der Waals surface area contributed by atoms with Gasteiger partial charge in [0.2, 0.25) is 0 Å². The summed E-state index contributed by atoms with van der Waals surface area (Å²) < 4.78 is 34.6. The largest absolute Gasteiger partial charge is 0.616 e. The second-order valence-electron chi connectivity index (χ2n) is 9.47. The van der Waals surface area contributed by atoms with E-state index in [1.807, 2.05) is 60.7 Å². The fourth-order valence-corrected chi connectivity index (χ4v) is 5.77. The molecule has 1 aromatic heterocycles. The van der Waals surface area contributed by atoms with Crippen LogP contribution < -0.4 is 24.3 Å². The lowest BCUT2D eigenvalue weighted by Gasteiger charge is -2.27. The molecule has 0 bridgehead atoms. The molecule has 0 aliphatic carbocycles. The molecule has 0 radical (unpaired) electrons. The molecule has 0 saturated carbocycles. The molecule has 0 spiro atoms. The molecular weight excluding hydrogens is 540 g/mol.